The Hall–Kier alpha value is -2.85. The summed E-state index contributed by atoms with van der Waals surface area (Å²) in [5.74, 6) is -0.0194. The van der Waals surface area contributed by atoms with E-state index in [4.69, 9.17) is 4.74 Å². The van der Waals surface area contributed by atoms with Crippen LogP contribution in [0.5, 0.6) is 5.75 Å². The summed E-state index contributed by atoms with van der Waals surface area (Å²) in [6.07, 6.45) is 1.05. The molecule has 0 saturated carbocycles. The van der Waals surface area contributed by atoms with E-state index in [9.17, 15) is 18.0 Å². The minimum Gasteiger partial charge on any atom is -0.497 e. The second-order valence-corrected chi connectivity index (χ2v) is 9.39. The van der Waals surface area contributed by atoms with Crippen molar-refractivity contribution in [2.45, 2.75) is 13.0 Å². The SMILES string of the molecule is COc1cccc(N([C@H](C)C(=O)Nc2ccc3c(c2)sc(=O)n3C)S(C)(=O)=O)c1. The maximum absolute atomic E-state index is 12.8. The Morgan fingerprint density at radius 3 is 2.62 bits per heavy atom. The second-order valence-electron chi connectivity index (χ2n) is 6.54. The third-order valence-corrected chi connectivity index (χ3v) is 6.69. The molecule has 1 N–H and O–H groups in total. The predicted octanol–water partition coefficient (Wildman–Crippen LogP) is 2.40. The summed E-state index contributed by atoms with van der Waals surface area (Å²) in [6.45, 7) is 1.51. The number of thiazole rings is 1. The van der Waals surface area contributed by atoms with Crippen LogP contribution in [-0.2, 0) is 21.9 Å². The Balaban J connectivity index is 1.90. The van der Waals surface area contributed by atoms with Crippen molar-refractivity contribution in [3.63, 3.8) is 0 Å². The minimum atomic E-state index is -3.74. The first-order valence-electron chi connectivity index (χ1n) is 8.65. The fourth-order valence-electron chi connectivity index (χ4n) is 3.01. The molecule has 2 aromatic carbocycles. The van der Waals surface area contributed by atoms with Crippen molar-refractivity contribution in [1.29, 1.82) is 0 Å². The number of ether oxygens (including phenoxy) is 1. The lowest BCUT2D eigenvalue weighted by atomic mass is 10.2. The summed E-state index contributed by atoms with van der Waals surface area (Å²) < 4.78 is 33.3. The van der Waals surface area contributed by atoms with Crippen LogP contribution in [0.15, 0.2) is 47.3 Å². The Kier molecular flexibility index (Phi) is 5.67. The number of carbonyl (C=O) groups excluding carboxylic acids is 1. The fraction of sp³-hybridized carbons (Fsp3) is 0.263. The second kappa shape index (κ2) is 7.88. The molecule has 10 heteroatoms. The normalized spacial score (nSPS) is 12.6. The predicted molar refractivity (Wildman–Crippen MR) is 115 cm³/mol. The highest BCUT2D eigenvalue weighted by molar-refractivity contribution is 7.92. The number of nitrogens with zero attached hydrogens (tertiary/aromatic N) is 2. The largest absolute Gasteiger partial charge is 0.497 e. The number of nitrogens with one attached hydrogen (secondary N) is 1. The Morgan fingerprint density at radius 1 is 1.24 bits per heavy atom. The van der Waals surface area contributed by atoms with Crippen LogP contribution in [0.1, 0.15) is 6.92 Å². The van der Waals surface area contributed by atoms with Crippen molar-refractivity contribution in [3.8, 4) is 5.75 Å². The number of carbonyl (C=O) groups is 1. The van der Waals surface area contributed by atoms with Gasteiger partial charge in [-0.3, -0.25) is 13.9 Å². The van der Waals surface area contributed by atoms with Gasteiger partial charge >= 0.3 is 4.87 Å². The molecular formula is C19H21N3O5S2. The van der Waals surface area contributed by atoms with E-state index < -0.39 is 22.0 Å². The van der Waals surface area contributed by atoms with Crippen LogP contribution < -0.4 is 19.2 Å². The molecule has 8 nitrogen and oxygen atoms in total. The highest BCUT2D eigenvalue weighted by Gasteiger charge is 2.29. The number of benzene rings is 2. The van der Waals surface area contributed by atoms with Gasteiger partial charge in [0.25, 0.3) is 0 Å². The van der Waals surface area contributed by atoms with Crippen molar-refractivity contribution in [2.24, 2.45) is 7.05 Å². The molecule has 0 aliphatic rings. The number of hydrogen-bond donors (Lipinski definition) is 1. The van der Waals surface area contributed by atoms with Gasteiger partial charge in [-0.2, -0.15) is 0 Å². The van der Waals surface area contributed by atoms with Gasteiger partial charge in [0.1, 0.15) is 11.8 Å². The molecule has 1 aromatic heterocycles. The van der Waals surface area contributed by atoms with E-state index >= 15 is 0 Å². The van der Waals surface area contributed by atoms with E-state index in [1.807, 2.05) is 0 Å². The quantitative estimate of drug-likeness (QED) is 0.641. The zero-order valence-electron chi connectivity index (χ0n) is 16.4. The zero-order valence-corrected chi connectivity index (χ0v) is 18.0. The standard InChI is InChI=1S/C19H21N3O5S2/c1-12(22(29(4,25)26)14-6-5-7-15(11-14)27-3)18(23)20-13-8-9-16-17(10-13)28-19(24)21(16)2/h5-12H,1-4H3,(H,20,23)/t12-/m1/s1. The van der Waals surface area contributed by atoms with Gasteiger partial charge in [-0.15, -0.1) is 0 Å². The molecule has 3 aromatic rings. The molecule has 0 bridgehead atoms. The summed E-state index contributed by atoms with van der Waals surface area (Å²) in [5, 5.41) is 2.73. The lowest BCUT2D eigenvalue weighted by Gasteiger charge is -2.28. The number of anilines is 2. The number of aromatic nitrogens is 1. The third kappa shape index (κ3) is 4.28. The van der Waals surface area contributed by atoms with Crippen LogP contribution in [0.2, 0.25) is 0 Å². The van der Waals surface area contributed by atoms with Crippen LogP contribution in [0, 0.1) is 0 Å². The van der Waals surface area contributed by atoms with E-state index in [0.29, 0.717) is 17.1 Å². The minimum absolute atomic E-state index is 0.0990. The molecule has 0 saturated heterocycles. The first-order valence-corrected chi connectivity index (χ1v) is 11.3. The van der Waals surface area contributed by atoms with Crippen LogP contribution in [-0.4, -0.2) is 38.3 Å². The van der Waals surface area contributed by atoms with Crippen LogP contribution in [0.25, 0.3) is 10.2 Å². The highest BCUT2D eigenvalue weighted by atomic mass is 32.2. The summed E-state index contributed by atoms with van der Waals surface area (Å²) in [4.78, 5) is 24.5. The van der Waals surface area contributed by atoms with Crippen molar-refractivity contribution < 1.29 is 17.9 Å². The summed E-state index contributed by atoms with van der Waals surface area (Å²) in [5.41, 5.74) is 1.57. The molecule has 0 aliphatic heterocycles. The Bertz CT molecular complexity index is 1230. The van der Waals surface area contributed by atoms with Gasteiger partial charge in [-0.05, 0) is 37.3 Å². The van der Waals surface area contributed by atoms with E-state index in [0.717, 1.165) is 32.1 Å². The molecular weight excluding hydrogens is 414 g/mol. The maximum atomic E-state index is 12.8. The van der Waals surface area contributed by atoms with Crippen LogP contribution >= 0.6 is 11.3 Å². The topological polar surface area (TPSA) is 97.7 Å². The van der Waals surface area contributed by atoms with Gasteiger partial charge in [0.15, 0.2) is 0 Å². The molecule has 0 spiro atoms. The molecule has 1 amide bonds. The van der Waals surface area contributed by atoms with Gasteiger partial charge in [-0.25, -0.2) is 8.42 Å². The third-order valence-electron chi connectivity index (χ3n) is 4.46. The molecule has 0 aliphatic carbocycles. The fourth-order valence-corrected chi connectivity index (χ4v) is 5.10. The molecule has 29 heavy (non-hydrogen) atoms. The highest BCUT2D eigenvalue weighted by Crippen LogP contribution is 2.26. The maximum Gasteiger partial charge on any atom is 0.307 e. The molecule has 0 unspecified atom stereocenters. The molecule has 1 atom stereocenters. The number of rotatable bonds is 6. The van der Waals surface area contributed by atoms with E-state index in [1.54, 1.807) is 49.5 Å². The lowest BCUT2D eigenvalue weighted by molar-refractivity contribution is -0.116. The summed E-state index contributed by atoms with van der Waals surface area (Å²) in [6, 6.07) is 10.6. The smallest absolute Gasteiger partial charge is 0.307 e. The zero-order chi connectivity index (χ0) is 21.3. The van der Waals surface area contributed by atoms with Crippen molar-refractivity contribution in [1.82, 2.24) is 4.57 Å². The van der Waals surface area contributed by atoms with Crippen LogP contribution in [0.4, 0.5) is 11.4 Å². The van der Waals surface area contributed by atoms with Crippen LogP contribution in [0.3, 0.4) is 0 Å². The molecule has 3 rings (SSSR count). The van der Waals surface area contributed by atoms with Gasteiger partial charge < -0.3 is 14.6 Å². The number of fused-ring (bicyclic) bond motifs is 1. The lowest BCUT2D eigenvalue weighted by Crippen LogP contribution is -2.45. The number of amides is 1. The first-order chi connectivity index (χ1) is 13.6. The summed E-state index contributed by atoms with van der Waals surface area (Å²) >= 11 is 1.08. The number of aryl methyl sites for hydroxylation is 1. The molecule has 0 radical (unpaired) electrons. The first kappa shape index (κ1) is 20.9. The van der Waals surface area contributed by atoms with Crippen molar-refractivity contribution in [3.05, 3.63) is 52.1 Å². The van der Waals surface area contributed by atoms with Crippen molar-refractivity contribution in [2.75, 3.05) is 23.0 Å². The number of methoxy groups -OCH3 is 1. The Labute approximate surface area is 172 Å². The number of hydrogen-bond acceptors (Lipinski definition) is 6. The van der Waals surface area contributed by atoms with Crippen molar-refractivity contribution >= 4 is 48.9 Å². The average Bonchev–Trinajstić information content (AvgIpc) is 2.94. The van der Waals surface area contributed by atoms with Gasteiger partial charge in [0.2, 0.25) is 15.9 Å². The summed E-state index contributed by atoms with van der Waals surface area (Å²) in [7, 11) is -0.582. The monoisotopic (exact) mass is 435 g/mol. The number of sulfonamides is 1. The van der Waals surface area contributed by atoms with Gasteiger partial charge in [0, 0.05) is 18.8 Å². The molecule has 1 heterocycles. The Morgan fingerprint density at radius 2 is 1.97 bits per heavy atom. The van der Waals surface area contributed by atoms with E-state index in [1.165, 1.54) is 18.6 Å². The van der Waals surface area contributed by atoms with E-state index in [2.05, 4.69) is 5.32 Å². The van der Waals surface area contributed by atoms with E-state index in [-0.39, 0.29) is 4.87 Å². The van der Waals surface area contributed by atoms with Gasteiger partial charge in [-0.1, -0.05) is 17.4 Å². The van der Waals surface area contributed by atoms with Gasteiger partial charge in [0.05, 0.1) is 29.3 Å². The molecule has 0 fully saturated rings. The average molecular weight is 436 g/mol. The molecule has 154 valence electrons.